The molecule has 0 radical (unpaired) electrons. The molecule has 1 aliphatic rings. The van der Waals surface area contributed by atoms with Gasteiger partial charge in [-0.1, -0.05) is 30.3 Å². The molecule has 2 amide bonds. The van der Waals surface area contributed by atoms with Gasteiger partial charge in [-0.25, -0.2) is 0 Å². The summed E-state index contributed by atoms with van der Waals surface area (Å²) in [5.41, 5.74) is 4.37. The molecule has 0 spiro atoms. The Kier molecular flexibility index (Phi) is 7.63. The maximum absolute atomic E-state index is 12.6. The van der Waals surface area contributed by atoms with E-state index in [-0.39, 0.29) is 18.2 Å². The molecule has 30 heavy (non-hydrogen) atoms. The Bertz CT molecular complexity index is 862. The fraction of sp³-hybridized carbons (Fsp3) is 0.522. The van der Waals surface area contributed by atoms with E-state index in [9.17, 15) is 9.59 Å². The Hall–Kier alpha value is -2.67. The van der Waals surface area contributed by atoms with Crippen LogP contribution >= 0.6 is 0 Å². The molecule has 0 bridgehead atoms. The van der Waals surface area contributed by atoms with E-state index in [1.807, 2.05) is 36.7 Å². The van der Waals surface area contributed by atoms with E-state index in [1.165, 1.54) is 5.56 Å². The standard InChI is InChI=1S/C23H33N5O2/c1-4-28-18(3)20(17(2)26-28)16-25-22(29)15-21-23(30)24-12-14-27(21)13-8-11-19-9-6-5-7-10-19/h5-7,9-10,21H,4,8,11-16H2,1-3H3,(H,24,30)(H,25,29). The van der Waals surface area contributed by atoms with Gasteiger partial charge in [0.25, 0.3) is 0 Å². The molecule has 1 atom stereocenters. The molecule has 2 N–H and O–H groups in total. The van der Waals surface area contributed by atoms with Crippen molar-refractivity contribution in [1.29, 1.82) is 0 Å². The van der Waals surface area contributed by atoms with Gasteiger partial charge in [-0.05, 0) is 45.7 Å². The lowest BCUT2D eigenvalue weighted by molar-refractivity contribution is -0.134. The summed E-state index contributed by atoms with van der Waals surface area (Å²) in [6.45, 7) is 9.51. The Balaban J connectivity index is 1.53. The van der Waals surface area contributed by atoms with Gasteiger partial charge in [-0.2, -0.15) is 5.10 Å². The van der Waals surface area contributed by atoms with E-state index in [1.54, 1.807) is 0 Å². The second kappa shape index (κ2) is 10.4. The van der Waals surface area contributed by atoms with Crippen LogP contribution in [0.5, 0.6) is 0 Å². The quantitative estimate of drug-likeness (QED) is 0.661. The fourth-order valence-corrected chi connectivity index (χ4v) is 4.12. The topological polar surface area (TPSA) is 79.3 Å². The number of hydrogen-bond acceptors (Lipinski definition) is 4. The van der Waals surface area contributed by atoms with Gasteiger partial charge in [0.05, 0.1) is 18.2 Å². The molecule has 2 heterocycles. The van der Waals surface area contributed by atoms with Gasteiger partial charge < -0.3 is 10.6 Å². The van der Waals surface area contributed by atoms with Crippen LogP contribution in [0.1, 0.15) is 42.3 Å². The highest BCUT2D eigenvalue weighted by Crippen LogP contribution is 2.14. The second-order valence-corrected chi connectivity index (χ2v) is 7.88. The number of amides is 2. The molecule has 0 saturated carbocycles. The third-order valence-electron chi connectivity index (χ3n) is 5.87. The largest absolute Gasteiger partial charge is 0.353 e. The molecular weight excluding hydrogens is 378 g/mol. The molecule has 1 aromatic carbocycles. The molecule has 2 aromatic rings. The normalized spacial score (nSPS) is 17.0. The van der Waals surface area contributed by atoms with Crippen molar-refractivity contribution in [2.45, 2.75) is 59.2 Å². The van der Waals surface area contributed by atoms with Crippen LogP contribution in [-0.2, 0) is 29.1 Å². The van der Waals surface area contributed by atoms with Crippen LogP contribution in [-0.4, -0.2) is 52.2 Å². The Morgan fingerprint density at radius 1 is 1.27 bits per heavy atom. The number of nitrogens with one attached hydrogen (secondary N) is 2. The van der Waals surface area contributed by atoms with Gasteiger partial charge in [0.2, 0.25) is 11.8 Å². The van der Waals surface area contributed by atoms with E-state index in [2.05, 4.69) is 39.7 Å². The number of aromatic nitrogens is 2. The minimum absolute atomic E-state index is 0.0534. The zero-order valence-corrected chi connectivity index (χ0v) is 18.3. The Morgan fingerprint density at radius 2 is 2.03 bits per heavy atom. The fourth-order valence-electron chi connectivity index (χ4n) is 4.12. The zero-order chi connectivity index (χ0) is 21.5. The smallest absolute Gasteiger partial charge is 0.237 e. The van der Waals surface area contributed by atoms with Crippen molar-refractivity contribution in [1.82, 2.24) is 25.3 Å². The summed E-state index contributed by atoms with van der Waals surface area (Å²) in [5, 5.41) is 10.4. The molecule has 1 fully saturated rings. The van der Waals surface area contributed by atoms with Crippen molar-refractivity contribution in [2.75, 3.05) is 19.6 Å². The summed E-state index contributed by atoms with van der Waals surface area (Å²) < 4.78 is 1.94. The number of hydrogen-bond donors (Lipinski definition) is 2. The predicted molar refractivity (Wildman–Crippen MR) is 117 cm³/mol. The second-order valence-electron chi connectivity index (χ2n) is 7.88. The van der Waals surface area contributed by atoms with Crippen molar-refractivity contribution < 1.29 is 9.59 Å². The first-order chi connectivity index (χ1) is 14.5. The molecular formula is C23H33N5O2. The molecule has 0 aliphatic carbocycles. The number of aryl methyl sites for hydroxylation is 3. The minimum Gasteiger partial charge on any atom is -0.353 e. The molecule has 1 aromatic heterocycles. The van der Waals surface area contributed by atoms with Crippen LogP contribution in [0.4, 0.5) is 0 Å². The monoisotopic (exact) mass is 411 g/mol. The summed E-state index contributed by atoms with van der Waals surface area (Å²) >= 11 is 0. The minimum atomic E-state index is -0.407. The summed E-state index contributed by atoms with van der Waals surface area (Å²) in [5.74, 6) is -0.157. The first kappa shape index (κ1) is 22.0. The molecule has 7 heteroatoms. The molecule has 3 rings (SSSR count). The highest BCUT2D eigenvalue weighted by molar-refractivity contribution is 5.88. The number of benzene rings is 1. The SMILES string of the molecule is CCn1nc(C)c(CNC(=O)CC2C(=O)NCCN2CCCc2ccccc2)c1C. The van der Waals surface area contributed by atoms with Gasteiger partial charge in [0.1, 0.15) is 0 Å². The lowest BCUT2D eigenvalue weighted by Gasteiger charge is -2.34. The van der Waals surface area contributed by atoms with Gasteiger partial charge in [0.15, 0.2) is 0 Å². The third kappa shape index (κ3) is 5.48. The van der Waals surface area contributed by atoms with Crippen molar-refractivity contribution in [3.05, 3.63) is 52.8 Å². The number of piperazine rings is 1. The van der Waals surface area contributed by atoms with Gasteiger partial charge in [-0.15, -0.1) is 0 Å². The van der Waals surface area contributed by atoms with Crippen LogP contribution in [0.15, 0.2) is 30.3 Å². The Labute approximate surface area is 178 Å². The number of carbonyl (C=O) groups is 2. The van der Waals surface area contributed by atoms with Crippen LogP contribution in [0.25, 0.3) is 0 Å². The van der Waals surface area contributed by atoms with E-state index in [0.29, 0.717) is 13.1 Å². The molecule has 7 nitrogen and oxygen atoms in total. The van der Waals surface area contributed by atoms with Crippen LogP contribution in [0, 0.1) is 13.8 Å². The van der Waals surface area contributed by atoms with E-state index in [4.69, 9.17) is 0 Å². The van der Waals surface area contributed by atoms with Crippen molar-refractivity contribution in [2.24, 2.45) is 0 Å². The lowest BCUT2D eigenvalue weighted by Crippen LogP contribution is -2.56. The number of carbonyl (C=O) groups excluding carboxylic acids is 2. The van der Waals surface area contributed by atoms with E-state index < -0.39 is 6.04 Å². The van der Waals surface area contributed by atoms with Crippen LogP contribution < -0.4 is 10.6 Å². The van der Waals surface area contributed by atoms with E-state index in [0.717, 1.165) is 49.4 Å². The zero-order valence-electron chi connectivity index (χ0n) is 18.3. The first-order valence-electron chi connectivity index (χ1n) is 10.8. The van der Waals surface area contributed by atoms with Crippen LogP contribution in [0.3, 0.4) is 0 Å². The number of rotatable bonds is 9. The van der Waals surface area contributed by atoms with Gasteiger partial charge in [-0.3, -0.25) is 19.2 Å². The lowest BCUT2D eigenvalue weighted by atomic mass is 10.1. The van der Waals surface area contributed by atoms with E-state index >= 15 is 0 Å². The summed E-state index contributed by atoms with van der Waals surface area (Å²) in [6, 6.07) is 9.95. The highest BCUT2D eigenvalue weighted by Gasteiger charge is 2.31. The summed E-state index contributed by atoms with van der Waals surface area (Å²) in [6.07, 6.45) is 2.11. The van der Waals surface area contributed by atoms with Crippen molar-refractivity contribution in [3.63, 3.8) is 0 Å². The summed E-state index contributed by atoms with van der Waals surface area (Å²) in [4.78, 5) is 27.2. The predicted octanol–water partition coefficient (Wildman–Crippen LogP) is 1.96. The molecule has 1 saturated heterocycles. The average Bonchev–Trinajstić information content (AvgIpc) is 3.02. The number of nitrogens with zero attached hydrogens (tertiary/aromatic N) is 3. The maximum atomic E-state index is 12.6. The van der Waals surface area contributed by atoms with Crippen molar-refractivity contribution >= 4 is 11.8 Å². The van der Waals surface area contributed by atoms with Crippen LogP contribution in [0.2, 0.25) is 0 Å². The Morgan fingerprint density at radius 3 is 2.73 bits per heavy atom. The molecule has 162 valence electrons. The third-order valence-corrected chi connectivity index (χ3v) is 5.87. The summed E-state index contributed by atoms with van der Waals surface area (Å²) in [7, 11) is 0. The molecule has 1 unspecified atom stereocenters. The highest BCUT2D eigenvalue weighted by atomic mass is 16.2. The first-order valence-corrected chi connectivity index (χ1v) is 10.8. The van der Waals surface area contributed by atoms with Crippen molar-refractivity contribution in [3.8, 4) is 0 Å². The average molecular weight is 412 g/mol. The van der Waals surface area contributed by atoms with Gasteiger partial charge >= 0.3 is 0 Å². The maximum Gasteiger partial charge on any atom is 0.237 e. The van der Waals surface area contributed by atoms with Gasteiger partial charge in [0, 0.05) is 37.4 Å². The molecule has 1 aliphatic heterocycles.